The fourth-order valence-corrected chi connectivity index (χ4v) is 3.53. The van der Waals surface area contributed by atoms with Gasteiger partial charge in [-0.1, -0.05) is 35.9 Å². The molecule has 6 heteroatoms. The first kappa shape index (κ1) is 22.8. The van der Waals surface area contributed by atoms with E-state index in [1.54, 1.807) is 32.2 Å². The Morgan fingerprint density at radius 3 is 2.55 bits per heavy atom. The van der Waals surface area contributed by atoms with E-state index >= 15 is 0 Å². The first-order chi connectivity index (χ1) is 14.7. The van der Waals surface area contributed by atoms with Crippen LogP contribution in [0.4, 0.5) is 4.39 Å². The molecule has 1 N–H and O–H groups in total. The van der Waals surface area contributed by atoms with Crippen LogP contribution in [0, 0.1) is 5.82 Å². The smallest absolute Gasteiger partial charge is 0.263 e. The molecule has 1 heterocycles. The maximum atomic E-state index is 13.5. The molecular weight excluding hydrogens is 415 g/mol. The van der Waals surface area contributed by atoms with Gasteiger partial charge in [-0.25, -0.2) is 4.39 Å². The Kier molecular flexibility index (Phi) is 7.29. The lowest BCUT2D eigenvalue weighted by molar-refractivity contribution is -0.135. The highest BCUT2D eigenvalue weighted by Gasteiger charge is 2.33. The van der Waals surface area contributed by atoms with Gasteiger partial charge >= 0.3 is 0 Å². The molecule has 0 spiro atoms. The summed E-state index contributed by atoms with van der Waals surface area (Å²) in [5.74, 6) is -0.405. The molecule has 1 aromatic heterocycles. The van der Waals surface area contributed by atoms with Crippen molar-refractivity contribution >= 4 is 17.5 Å². The van der Waals surface area contributed by atoms with E-state index in [1.807, 2.05) is 49.5 Å². The van der Waals surface area contributed by atoms with Gasteiger partial charge < -0.3 is 10.1 Å². The zero-order valence-corrected chi connectivity index (χ0v) is 18.6. The molecule has 0 radical (unpaired) electrons. The molecule has 2 atom stereocenters. The molecule has 1 amide bonds. The monoisotopic (exact) mass is 440 g/mol. The number of nitrogens with zero attached hydrogens (tertiary/aromatic N) is 1. The summed E-state index contributed by atoms with van der Waals surface area (Å²) in [6.07, 6.45) is 4.25. The van der Waals surface area contributed by atoms with Crippen molar-refractivity contribution in [2.24, 2.45) is 0 Å². The molecule has 0 saturated heterocycles. The van der Waals surface area contributed by atoms with Gasteiger partial charge in [0.25, 0.3) is 5.91 Å². The van der Waals surface area contributed by atoms with Gasteiger partial charge in [-0.2, -0.15) is 0 Å². The molecular formula is C25H26ClFN2O2. The van der Waals surface area contributed by atoms with Gasteiger partial charge in [0.2, 0.25) is 0 Å². The van der Waals surface area contributed by atoms with Crippen LogP contribution >= 0.6 is 11.6 Å². The molecule has 4 nitrogen and oxygen atoms in total. The summed E-state index contributed by atoms with van der Waals surface area (Å²) in [5, 5.41) is 3.75. The molecule has 0 aliphatic carbocycles. The molecule has 0 bridgehead atoms. The molecule has 2 aromatic carbocycles. The van der Waals surface area contributed by atoms with Crippen LogP contribution in [0.15, 0.2) is 73.1 Å². The third kappa shape index (κ3) is 6.28. The number of carbonyl (C=O) groups excluding carboxylic acids is 1. The predicted molar refractivity (Wildman–Crippen MR) is 121 cm³/mol. The van der Waals surface area contributed by atoms with Gasteiger partial charge in [-0.15, -0.1) is 0 Å². The number of benzene rings is 2. The summed E-state index contributed by atoms with van der Waals surface area (Å²) in [6.45, 7) is 5.29. The van der Waals surface area contributed by atoms with Crippen molar-refractivity contribution in [1.82, 2.24) is 10.3 Å². The Balaban J connectivity index is 1.76. The highest BCUT2D eigenvalue weighted by Crippen LogP contribution is 2.26. The topological polar surface area (TPSA) is 51.2 Å². The maximum Gasteiger partial charge on any atom is 0.263 e. The Bertz CT molecular complexity index is 1010. The summed E-state index contributed by atoms with van der Waals surface area (Å²) < 4.78 is 19.3. The van der Waals surface area contributed by atoms with Gasteiger partial charge in [-0.05, 0) is 68.7 Å². The number of rotatable bonds is 8. The molecule has 0 aliphatic rings. The average molecular weight is 441 g/mol. The van der Waals surface area contributed by atoms with E-state index in [2.05, 4.69) is 10.3 Å². The van der Waals surface area contributed by atoms with Crippen LogP contribution in [-0.4, -0.2) is 22.5 Å². The third-order valence-corrected chi connectivity index (χ3v) is 5.41. The fourth-order valence-electron chi connectivity index (χ4n) is 3.41. The van der Waals surface area contributed by atoms with E-state index in [9.17, 15) is 9.18 Å². The van der Waals surface area contributed by atoms with Crippen LogP contribution in [0.25, 0.3) is 0 Å². The third-order valence-electron chi connectivity index (χ3n) is 5.16. The van der Waals surface area contributed by atoms with Crippen LogP contribution in [0.2, 0.25) is 5.02 Å². The number of aromatic nitrogens is 1. The van der Waals surface area contributed by atoms with E-state index < -0.39 is 11.4 Å². The van der Waals surface area contributed by atoms with Crippen LogP contribution in [0.5, 0.6) is 5.75 Å². The molecule has 2 unspecified atom stereocenters. The summed E-state index contributed by atoms with van der Waals surface area (Å²) in [7, 11) is 0. The molecule has 31 heavy (non-hydrogen) atoms. The van der Waals surface area contributed by atoms with Crippen molar-refractivity contribution in [2.45, 2.75) is 44.8 Å². The van der Waals surface area contributed by atoms with Crippen molar-refractivity contribution in [2.75, 3.05) is 0 Å². The fraction of sp³-hybridized carbons (Fsp3) is 0.280. The second-order valence-electron chi connectivity index (χ2n) is 8.06. The van der Waals surface area contributed by atoms with Gasteiger partial charge in [-0.3, -0.25) is 9.78 Å². The first-order valence-corrected chi connectivity index (χ1v) is 10.5. The van der Waals surface area contributed by atoms with E-state index in [4.69, 9.17) is 16.3 Å². The minimum Gasteiger partial charge on any atom is -0.478 e. The average Bonchev–Trinajstić information content (AvgIpc) is 2.73. The second kappa shape index (κ2) is 9.92. The largest absolute Gasteiger partial charge is 0.478 e. The Morgan fingerprint density at radius 1 is 1.16 bits per heavy atom. The first-order valence-electron chi connectivity index (χ1n) is 10.1. The van der Waals surface area contributed by atoms with Crippen LogP contribution in [0.3, 0.4) is 0 Å². The normalized spacial score (nSPS) is 13.3. The Morgan fingerprint density at radius 2 is 1.90 bits per heavy atom. The maximum absolute atomic E-state index is 13.5. The zero-order chi connectivity index (χ0) is 22.4. The van der Waals surface area contributed by atoms with Gasteiger partial charge in [0.05, 0.1) is 0 Å². The van der Waals surface area contributed by atoms with E-state index in [0.717, 1.165) is 11.1 Å². The molecule has 0 fully saturated rings. The number of nitrogens with one attached hydrogen (secondary N) is 1. The number of halogens is 2. The minimum absolute atomic E-state index is 0.0104. The molecule has 3 aromatic rings. The zero-order valence-electron chi connectivity index (χ0n) is 17.8. The van der Waals surface area contributed by atoms with Crippen molar-refractivity contribution in [3.8, 4) is 5.75 Å². The molecule has 0 aliphatic heterocycles. The van der Waals surface area contributed by atoms with Crippen molar-refractivity contribution < 1.29 is 13.9 Å². The van der Waals surface area contributed by atoms with E-state index in [-0.39, 0.29) is 17.9 Å². The SMILES string of the molecule is CC(NC(=O)C(C)(C)Oc1cccc(F)c1)C(Cc1ccc(Cl)cc1)c1cccnc1. The van der Waals surface area contributed by atoms with Gasteiger partial charge in [0.15, 0.2) is 5.60 Å². The van der Waals surface area contributed by atoms with Crippen LogP contribution in [0.1, 0.15) is 37.8 Å². The summed E-state index contributed by atoms with van der Waals surface area (Å²) in [6, 6.07) is 17.1. The number of pyridine rings is 1. The standard InChI is InChI=1S/C25H26ClFN2O2/c1-17(29-24(30)25(2,3)31-22-8-4-7-21(27)15-22)23(19-6-5-13-28-16-19)14-18-9-11-20(26)12-10-18/h4-13,15-17,23H,14H2,1-3H3,(H,29,30). The Labute approximate surface area is 187 Å². The number of amides is 1. The van der Waals surface area contributed by atoms with Crippen molar-refractivity contribution in [3.63, 3.8) is 0 Å². The summed E-state index contributed by atoms with van der Waals surface area (Å²) >= 11 is 6.02. The highest BCUT2D eigenvalue weighted by atomic mass is 35.5. The van der Waals surface area contributed by atoms with Crippen molar-refractivity contribution in [1.29, 1.82) is 0 Å². The quantitative estimate of drug-likeness (QED) is 0.498. The Hall–Kier alpha value is -2.92. The van der Waals surface area contributed by atoms with Crippen LogP contribution in [-0.2, 0) is 11.2 Å². The molecule has 0 saturated carbocycles. The molecule has 3 rings (SSSR count). The molecule has 162 valence electrons. The summed E-state index contributed by atoms with van der Waals surface area (Å²) in [4.78, 5) is 17.3. The van der Waals surface area contributed by atoms with Crippen molar-refractivity contribution in [3.05, 3.63) is 95.0 Å². The summed E-state index contributed by atoms with van der Waals surface area (Å²) in [5.41, 5.74) is 0.950. The number of ether oxygens (including phenoxy) is 1. The van der Waals surface area contributed by atoms with E-state index in [0.29, 0.717) is 17.2 Å². The minimum atomic E-state index is -1.18. The lowest BCUT2D eigenvalue weighted by atomic mass is 9.87. The van der Waals surface area contributed by atoms with Gasteiger partial charge in [0.1, 0.15) is 11.6 Å². The van der Waals surface area contributed by atoms with Gasteiger partial charge in [0, 0.05) is 35.4 Å². The number of carbonyl (C=O) groups is 1. The lowest BCUT2D eigenvalue weighted by Gasteiger charge is -2.31. The van der Waals surface area contributed by atoms with E-state index in [1.165, 1.54) is 12.1 Å². The highest BCUT2D eigenvalue weighted by molar-refractivity contribution is 6.30. The number of hydrogen-bond donors (Lipinski definition) is 1. The number of hydrogen-bond acceptors (Lipinski definition) is 3. The lowest BCUT2D eigenvalue weighted by Crippen LogP contribution is -2.51. The predicted octanol–water partition coefficient (Wildman–Crippen LogP) is 5.56. The second-order valence-corrected chi connectivity index (χ2v) is 8.49. The van der Waals surface area contributed by atoms with Crippen LogP contribution < -0.4 is 10.1 Å².